The fourth-order valence-corrected chi connectivity index (χ4v) is 2.83. The first-order chi connectivity index (χ1) is 8.37. The van der Waals surface area contributed by atoms with Gasteiger partial charge in [0, 0.05) is 0 Å². The Morgan fingerprint density at radius 3 is 1.17 bits per heavy atom. The van der Waals surface area contributed by atoms with Crippen LogP contribution in [0.2, 0.25) is 0 Å². The van der Waals surface area contributed by atoms with Gasteiger partial charge in [-0.3, -0.25) is 0 Å². The highest BCUT2D eigenvalue weighted by atomic mass is 35.5. The van der Waals surface area contributed by atoms with Crippen LogP contribution in [0.5, 0.6) is 0 Å². The van der Waals surface area contributed by atoms with E-state index in [1.54, 1.807) is 0 Å². The first-order valence-corrected chi connectivity index (χ1v) is 8.64. The predicted octanol–water partition coefficient (Wildman–Crippen LogP) is 7.28. The largest absolute Gasteiger partial charge is 0.151 e. The number of unbranched alkanes of at least 4 members (excludes halogenated alkanes) is 6. The summed E-state index contributed by atoms with van der Waals surface area (Å²) in [5.41, 5.74) is 0. The van der Waals surface area contributed by atoms with Gasteiger partial charge in [0.05, 0.1) is 0 Å². The average Bonchev–Trinajstić information content (AvgIpc) is 2.30. The molecule has 0 aliphatic carbocycles. The molecule has 18 heavy (non-hydrogen) atoms. The van der Waals surface area contributed by atoms with Crippen LogP contribution in [-0.4, -0.2) is 8.67 Å². The predicted molar refractivity (Wildman–Crippen MR) is 86.4 cm³/mol. The van der Waals surface area contributed by atoms with Crippen LogP contribution >= 0.6 is 46.4 Å². The molecule has 0 amide bonds. The summed E-state index contributed by atoms with van der Waals surface area (Å²) in [5, 5.41) is 0. The molecule has 0 radical (unpaired) electrons. The fourth-order valence-electron chi connectivity index (χ4n) is 1.91. The molecule has 0 aromatic rings. The molecule has 0 bridgehead atoms. The van der Waals surface area contributed by atoms with E-state index in [9.17, 15) is 0 Å². The second-order valence-corrected chi connectivity index (χ2v) is 8.00. The van der Waals surface area contributed by atoms with Crippen molar-refractivity contribution in [1.82, 2.24) is 0 Å². The maximum Gasteiger partial charge on any atom is 0.151 e. The zero-order valence-electron chi connectivity index (χ0n) is 11.6. The van der Waals surface area contributed by atoms with Crippen molar-refractivity contribution in [2.75, 3.05) is 0 Å². The van der Waals surface area contributed by atoms with Crippen LogP contribution in [0.4, 0.5) is 0 Å². The lowest BCUT2D eigenvalue weighted by Gasteiger charge is -2.33. The lowest BCUT2D eigenvalue weighted by molar-refractivity contribution is 0.503. The van der Waals surface area contributed by atoms with Gasteiger partial charge in [0.15, 0.2) is 8.67 Å². The monoisotopic (exact) mass is 334 g/mol. The summed E-state index contributed by atoms with van der Waals surface area (Å²) < 4.78 is -2.06. The van der Waals surface area contributed by atoms with E-state index in [-0.39, 0.29) is 0 Å². The van der Waals surface area contributed by atoms with Gasteiger partial charge in [0.25, 0.3) is 0 Å². The molecule has 0 atom stereocenters. The summed E-state index contributed by atoms with van der Waals surface area (Å²) in [6.07, 6.45) is 10.4. The quantitative estimate of drug-likeness (QED) is 0.275. The van der Waals surface area contributed by atoms with Crippen molar-refractivity contribution in [2.45, 2.75) is 86.7 Å². The van der Waals surface area contributed by atoms with E-state index in [0.717, 1.165) is 25.7 Å². The molecule has 0 fully saturated rings. The van der Waals surface area contributed by atoms with E-state index < -0.39 is 8.67 Å². The van der Waals surface area contributed by atoms with Crippen LogP contribution in [0.1, 0.15) is 78.1 Å². The Hall–Kier alpha value is 1.16. The molecule has 0 rings (SSSR count). The van der Waals surface area contributed by atoms with Crippen LogP contribution in [-0.2, 0) is 0 Å². The van der Waals surface area contributed by atoms with Crippen LogP contribution in [0.15, 0.2) is 0 Å². The van der Waals surface area contributed by atoms with Crippen molar-refractivity contribution < 1.29 is 0 Å². The molecular formula is C14H26Cl4. The van der Waals surface area contributed by atoms with E-state index in [0.29, 0.717) is 12.8 Å². The highest BCUT2D eigenvalue weighted by molar-refractivity contribution is 6.62. The molecule has 4 heteroatoms. The van der Waals surface area contributed by atoms with E-state index >= 15 is 0 Å². The maximum atomic E-state index is 6.32. The number of rotatable bonds is 11. The van der Waals surface area contributed by atoms with Crippen molar-refractivity contribution in [1.29, 1.82) is 0 Å². The first kappa shape index (κ1) is 19.2. The number of hydrogen-bond acceptors (Lipinski definition) is 0. The van der Waals surface area contributed by atoms with E-state index in [1.807, 2.05) is 0 Å². The van der Waals surface area contributed by atoms with Gasteiger partial charge in [-0.25, -0.2) is 0 Å². The topological polar surface area (TPSA) is 0 Å². The molecule has 0 aromatic heterocycles. The lowest BCUT2D eigenvalue weighted by Crippen LogP contribution is -2.36. The van der Waals surface area contributed by atoms with Gasteiger partial charge in [-0.2, -0.15) is 0 Å². The van der Waals surface area contributed by atoms with Crippen LogP contribution in [0.25, 0.3) is 0 Å². The van der Waals surface area contributed by atoms with E-state index in [2.05, 4.69) is 13.8 Å². The van der Waals surface area contributed by atoms with Gasteiger partial charge in [-0.1, -0.05) is 112 Å². The third-order valence-electron chi connectivity index (χ3n) is 3.22. The van der Waals surface area contributed by atoms with E-state index in [4.69, 9.17) is 46.4 Å². The molecule has 0 unspecified atom stereocenters. The molecule has 0 saturated heterocycles. The Kier molecular flexibility index (Phi) is 10.6. The first-order valence-electron chi connectivity index (χ1n) is 7.13. The summed E-state index contributed by atoms with van der Waals surface area (Å²) in [7, 11) is 0. The zero-order valence-corrected chi connectivity index (χ0v) is 14.6. The average molecular weight is 336 g/mol. The Bertz CT molecular complexity index is 180. The zero-order chi connectivity index (χ0) is 14.1. The van der Waals surface area contributed by atoms with Crippen LogP contribution < -0.4 is 0 Å². The van der Waals surface area contributed by atoms with Gasteiger partial charge >= 0.3 is 0 Å². The van der Waals surface area contributed by atoms with Gasteiger partial charge in [0.1, 0.15) is 0 Å². The van der Waals surface area contributed by atoms with Crippen molar-refractivity contribution in [3.63, 3.8) is 0 Å². The summed E-state index contributed by atoms with van der Waals surface area (Å²) in [5.74, 6) is 0. The van der Waals surface area contributed by atoms with Crippen molar-refractivity contribution in [3.05, 3.63) is 0 Å². The summed E-state index contributed by atoms with van der Waals surface area (Å²) in [6, 6.07) is 0. The standard InChI is InChI=1S/C14H26Cl4/c1-3-5-7-9-11-13(15,16)14(17,18)12-10-8-6-4-2/h3-12H2,1-2H3. The minimum Gasteiger partial charge on any atom is -0.0983 e. The Morgan fingerprint density at radius 1 is 0.556 bits per heavy atom. The summed E-state index contributed by atoms with van der Waals surface area (Å²) in [4.78, 5) is 0. The molecule has 0 aromatic carbocycles. The molecular weight excluding hydrogens is 310 g/mol. The highest BCUT2D eigenvalue weighted by Gasteiger charge is 2.45. The van der Waals surface area contributed by atoms with Crippen LogP contribution in [0.3, 0.4) is 0 Å². The smallest absolute Gasteiger partial charge is 0.0983 e. The van der Waals surface area contributed by atoms with Crippen molar-refractivity contribution in [3.8, 4) is 0 Å². The molecule has 0 N–H and O–H groups in total. The third kappa shape index (κ3) is 7.68. The molecule has 0 spiro atoms. The van der Waals surface area contributed by atoms with Crippen LogP contribution in [0, 0.1) is 0 Å². The van der Waals surface area contributed by atoms with Crippen molar-refractivity contribution in [2.24, 2.45) is 0 Å². The molecule has 0 heterocycles. The fraction of sp³-hybridized carbons (Fsp3) is 1.00. The molecule has 0 saturated carbocycles. The number of halogens is 4. The van der Waals surface area contributed by atoms with Gasteiger partial charge < -0.3 is 0 Å². The molecule has 0 aliphatic rings. The minimum absolute atomic E-state index is 0.664. The second kappa shape index (κ2) is 9.97. The number of alkyl halides is 4. The minimum atomic E-state index is -1.03. The lowest BCUT2D eigenvalue weighted by atomic mass is 10.0. The van der Waals surface area contributed by atoms with Gasteiger partial charge in [-0.15, -0.1) is 0 Å². The van der Waals surface area contributed by atoms with Crippen molar-refractivity contribution >= 4 is 46.4 Å². The Morgan fingerprint density at radius 2 is 0.889 bits per heavy atom. The highest BCUT2D eigenvalue weighted by Crippen LogP contribution is 2.49. The molecule has 0 nitrogen and oxygen atoms in total. The second-order valence-electron chi connectivity index (χ2n) is 5.03. The summed E-state index contributed by atoms with van der Waals surface area (Å²) >= 11 is 25.3. The van der Waals surface area contributed by atoms with E-state index in [1.165, 1.54) is 25.7 Å². The van der Waals surface area contributed by atoms with Gasteiger partial charge in [-0.05, 0) is 12.8 Å². The normalized spacial score (nSPS) is 13.0. The maximum absolute atomic E-state index is 6.32. The summed E-state index contributed by atoms with van der Waals surface area (Å²) in [6.45, 7) is 4.35. The number of hydrogen-bond donors (Lipinski definition) is 0. The van der Waals surface area contributed by atoms with Gasteiger partial charge in [0.2, 0.25) is 0 Å². The third-order valence-corrected chi connectivity index (χ3v) is 5.66. The Labute approximate surface area is 133 Å². The molecule has 110 valence electrons. The SMILES string of the molecule is CCCCCCC(Cl)(Cl)C(Cl)(Cl)CCCCCC. The Balaban J connectivity index is 4.02. The molecule has 0 aliphatic heterocycles.